The van der Waals surface area contributed by atoms with Crippen LogP contribution in [0.4, 0.5) is 0 Å². The molecule has 0 amide bonds. The smallest absolute Gasteiger partial charge is 0.0143 e. The van der Waals surface area contributed by atoms with Crippen molar-refractivity contribution in [2.75, 3.05) is 13.6 Å². The standard InChI is InChI=1S/C11H23N/c1-5-9-12(4)10-7-6-8-11(10,2)3/h10H,5-9H2,1-4H3. The van der Waals surface area contributed by atoms with E-state index in [1.165, 1.54) is 32.2 Å². The Bertz CT molecular complexity index is 140. The average Bonchev–Trinajstić information content (AvgIpc) is 2.30. The zero-order valence-electron chi connectivity index (χ0n) is 9.06. The summed E-state index contributed by atoms with van der Waals surface area (Å²) < 4.78 is 0. The van der Waals surface area contributed by atoms with Crippen LogP contribution >= 0.6 is 0 Å². The van der Waals surface area contributed by atoms with Crippen molar-refractivity contribution >= 4 is 0 Å². The molecule has 0 bridgehead atoms. The monoisotopic (exact) mass is 169 g/mol. The third kappa shape index (κ3) is 2.01. The Hall–Kier alpha value is -0.0400. The van der Waals surface area contributed by atoms with E-state index < -0.39 is 0 Å². The van der Waals surface area contributed by atoms with Crippen LogP contribution in [0.5, 0.6) is 0 Å². The van der Waals surface area contributed by atoms with E-state index in [0.29, 0.717) is 5.41 Å². The van der Waals surface area contributed by atoms with Crippen molar-refractivity contribution in [2.24, 2.45) is 5.41 Å². The predicted octanol–water partition coefficient (Wildman–Crippen LogP) is 2.91. The van der Waals surface area contributed by atoms with E-state index in [2.05, 4.69) is 32.7 Å². The molecular weight excluding hydrogens is 146 g/mol. The lowest BCUT2D eigenvalue weighted by molar-refractivity contribution is 0.141. The summed E-state index contributed by atoms with van der Waals surface area (Å²) in [6, 6.07) is 0.831. The van der Waals surface area contributed by atoms with Crippen LogP contribution < -0.4 is 0 Å². The highest BCUT2D eigenvalue weighted by Crippen LogP contribution is 2.39. The summed E-state index contributed by atoms with van der Waals surface area (Å²) in [5, 5.41) is 0. The fourth-order valence-electron chi connectivity index (χ4n) is 2.63. The Kier molecular flexibility index (Phi) is 3.16. The first-order chi connectivity index (χ1) is 5.58. The van der Waals surface area contributed by atoms with Gasteiger partial charge in [-0.2, -0.15) is 0 Å². The summed E-state index contributed by atoms with van der Waals surface area (Å²) in [4.78, 5) is 2.55. The highest BCUT2D eigenvalue weighted by molar-refractivity contribution is 4.90. The Labute approximate surface area is 77.1 Å². The van der Waals surface area contributed by atoms with Crippen LogP contribution in [0.2, 0.25) is 0 Å². The van der Waals surface area contributed by atoms with E-state index in [-0.39, 0.29) is 0 Å². The molecule has 1 unspecified atom stereocenters. The molecule has 1 saturated carbocycles. The summed E-state index contributed by atoms with van der Waals surface area (Å²) in [7, 11) is 2.28. The van der Waals surface area contributed by atoms with Crippen molar-refractivity contribution in [3.8, 4) is 0 Å². The summed E-state index contributed by atoms with van der Waals surface area (Å²) in [6.07, 6.45) is 5.52. The molecule has 12 heavy (non-hydrogen) atoms. The Morgan fingerprint density at radius 3 is 2.50 bits per heavy atom. The minimum Gasteiger partial charge on any atom is -0.303 e. The first-order valence-corrected chi connectivity index (χ1v) is 5.28. The molecule has 0 spiro atoms. The predicted molar refractivity (Wildman–Crippen MR) is 54.3 cm³/mol. The van der Waals surface area contributed by atoms with Gasteiger partial charge in [0.2, 0.25) is 0 Å². The van der Waals surface area contributed by atoms with Crippen molar-refractivity contribution in [3.63, 3.8) is 0 Å². The van der Waals surface area contributed by atoms with Crippen LogP contribution in [0.15, 0.2) is 0 Å². The second-order valence-electron chi connectivity index (χ2n) is 4.88. The maximum Gasteiger partial charge on any atom is 0.0143 e. The lowest BCUT2D eigenvalue weighted by Crippen LogP contribution is -2.39. The molecule has 0 radical (unpaired) electrons. The molecule has 0 heterocycles. The van der Waals surface area contributed by atoms with E-state index >= 15 is 0 Å². The van der Waals surface area contributed by atoms with Gasteiger partial charge in [-0.25, -0.2) is 0 Å². The Morgan fingerprint density at radius 1 is 1.42 bits per heavy atom. The molecule has 1 nitrogen and oxygen atoms in total. The number of rotatable bonds is 3. The normalized spacial score (nSPS) is 28.2. The fraction of sp³-hybridized carbons (Fsp3) is 1.00. The molecule has 1 rings (SSSR count). The third-order valence-electron chi connectivity index (χ3n) is 3.31. The highest BCUT2D eigenvalue weighted by Gasteiger charge is 2.36. The van der Waals surface area contributed by atoms with Crippen LogP contribution in [0.3, 0.4) is 0 Å². The zero-order chi connectivity index (χ0) is 9.19. The van der Waals surface area contributed by atoms with Gasteiger partial charge in [0, 0.05) is 6.04 Å². The second kappa shape index (κ2) is 3.78. The van der Waals surface area contributed by atoms with Gasteiger partial charge in [0.05, 0.1) is 0 Å². The van der Waals surface area contributed by atoms with E-state index in [4.69, 9.17) is 0 Å². The molecule has 1 atom stereocenters. The lowest BCUT2D eigenvalue weighted by atomic mass is 9.86. The molecule has 1 aliphatic rings. The van der Waals surface area contributed by atoms with Gasteiger partial charge in [-0.05, 0) is 38.3 Å². The van der Waals surface area contributed by atoms with E-state index in [1.807, 2.05) is 0 Å². The Morgan fingerprint density at radius 2 is 2.08 bits per heavy atom. The second-order valence-corrected chi connectivity index (χ2v) is 4.88. The molecule has 1 aliphatic carbocycles. The van der Waals surface area contributed by atoms with Gasteiger partial charge in [0.1, 0.15) is 0 Å². The Balaban J connectivity index is 2.50. The van der Waals surface area contributed by atoms with Gasteiger partial charge in [-0.3, -0.25) is 0 Å². The molecule has 0 aromatic rings. The van der Waals surface area contributed by atoms with Gasteiger partial charge in [-0.1, -0.05) is 27.2 Å². The lowest BCUT2D eigenvalue weighted by Gasteiger charge is -2.34. The highest BCUT2D eigenvalue weighted by atomic mass is 15.1. The average molecular weight is 169 g/mol. The van der Waals surface area contributed by atoms with Crippen LogP contribution in [0.1, 0.15) is 46.5 Å². The van der Waals surface area contributed by atoms with Crippen molar-refractivity contribution in [2.45, 2.75) is 52.5 Å². The largest absolute Gasteiger partial charge is 0.303 e. The van der Waals surface area contributed by atoms with Crippen molar-refractivity contribution in [3.05, 3.63) is 0 Å². The number of hydrogen-bond acceptors (Lipinski definition) is 1. The molecule has 0 saturated heterocycles. The van der Waals surface area contributed by atoms with Crippen LogP contribution in [-0.4, -0.2) is 24.5 Å². The quantitative estimate of drug-likeness (QED) is 0.628. The summed E-state index contributed by atoms with van der Waals surface area (Å²) >= 11 is 0. The van der Waals surface area contributed by atoms with E-state index in [9.17, 15) is 0 Å². The summed E-state index contributed by atoms with van der Waals surface area (Å²) in [6.45, 7) is 8.35. The third-order valence-corrected chi connectivity index (χ3v) is 3.31. The van der Waals surface area contributed by atoms with Crippen molar-refractivity contribution in [1.29, 1.82) is 0 Å². The minimum absolute atomic E-state index is 0.559. The molecule has 72 valence electrons. The van der Waals surface area contributed by atoms with Crippen molar-refractivity contribution < 1.29 is 0 Å². The zero-order valence-corrected chi connectivity index (χ0v) is 9.06. The maximum atomic E-state index is 2.55. The SMILES string of the molecule is CCCN(C)C1CCCC1(C)C. The molecule has 0 aromatic heterocycles. The molecule has 1 heteroatoms. The van der Waals surface area contributed by atoms with Crippen LogP contribution in [0, 0.1) is 5.41 Å². The molecule has 0 aliphatic heterocycles. The van der Waals surface area contributed by atoms with Crippen molar-refractivity contribution in [1.82, 2.24) is 4.90 Å². The van der Waals surface area contributed by atoms with Gasteiger partial charge >= 0.3 is 0 Å². The van der Waals surface area contributed by atoms with E-state index in [0.717, 1.165) is 6.04 Å². The van der Waals surface area contributed by atoms with Crippen LogP contribution in [0.25, 0.3) is 0 Å². The van der Waals surface area contributed by atoms with Gasteiger partial charge in [0.25, 0.3) is 0 Å². The summed E-state index contributed by atoms with van der Waals surface area (Å²) in [5.74, 6) is 0. The van der Waals surface area contributed by atoms with Gasteiger partial charge in [-0.15, -0.1) is 0 Å². The molecule has 0 N–H and O–H groups in total. The minimum atomic E-state index is 0.559. The van der Waals surface area contributed by atoms with E-state index in [1.54, 1.807) is 0 Å². The first kappa shape index (κ1) is 10.0. The molecule has 1 fully saturated rings. The van der Waals surface area contributed by atoms with Gasteiger partial charge < -0.3 is 4.90 Å². The maximum absolute atomic E-state index is 2.55. The first-order valence-electron chi connectivity index (χ1n) is 5.28. The fourth-order valence-corrected chi connectivity index (χ4v) is 2.63. The topological polar surface area (TPSA) is 3.24 Å². The molecular formula is C11H23N. The van der Waals surface area contributed by atoms with Gasteiger partial charge in [0.15, 0.2) is 0 Å². The molecule has 0 aromatic carbocycles. The number of nitrogens with zero attached hydrogens (tertiary/aromatic N) is 1. The summed E-state index contributed by atoms with van der Waals surface area (Å²) in [5.41, 5.74) is 0.559. The van der Waals surface area contributed by atoms with Crippen LogP contribution in [-0.2, 0) is 0 Å². The number of hydrogen-bond donors (Lipinski definition) is 0.